The maximum absolute atomic E-state index is 10.5. The minimum Gasteiger partial charge on any atom is -0.392 e. The van der Waals surface area contributed by atoms with Crippen LogP contribution in [-0.4, -0.2) is 10.0 Å². The minimum atomic E-state index is -0.385. The quantitative estimate of drug-likeness (QED) is 0.643. The Morgan fingerprint density at radius 2 is 1.94 bits per heavy atom. The molecule has 0 aliphatic rings. The number of rotatable bonds is 5. The summed E-state index contributed by atoms with van der Waals surface area (Å²) in [7, 11) is 0. The summed E-state index contributed by atoms with van der Waals surface area (Å²) in [6.45, 7) is 0.578. The Morgan fingerprint density at radius 3 is 2.50 bits per heavy atom. The summed E-state index contributed by atoms with van der Waals surface area (Å²) in [6, 6.07) is 10.7. The third-order valence-electron chi connectivity index (χ3n) is 2.43. The molecule has 0 unspecified atom stereocenters. The molecule has 0 atom stereocenters. The summed E-state index contributed by atoms with van der Waals surface area (Å²) in [5.41, 5.74) is 1.77. The second-order valence-electron chi connectivity index (χ2n) is 3.71. The number of hydrogen-bond donors (Lipinski definition) is 2. The Morgan fingerprint density at radius 1 is 1.22 bits per heavy atom. The van der Waals surface area contributed by atoms with E-state index in [0.29, 0.717) is 6.54 Å². The number of benzene rings is 1. The first-order chi connectivity index (χ1) is 8.69. The van der Waals surface area contributed by atoms with Crippen LogP contribution in [0.5, 0.6) is 0 Å². The van der Waals surface area contributed by atoms with Gasteiger partial charge in [-0.2, -0.15) is 0 Å². The van der Waals surface area contributed by atoms with Crippen LogP contribution in [0.25, 0.3) is 0 Å². The Bertz CT molecular complexity index is 537. The fourth-order valence-electron chi connectivity index (χ4n) is 1.48. The summed E-state index contributed by atoms with van der Waals surface area (Å²) in [5.74, 6) is 0. The molecule has 0 fully saturated rings. The van der Waals surface area contributed by atoms with Crippen molar-refractivity contribution in [2.45, 2.75) is 13.2 Å². The standard InChI is InChI=1S/C12H12N2O3S/c15-8-9-1-3-10(4-2-9)13-7-11-5-6-12(18-11)14(16)17/h1-6,13,15H,7-8H2. The van der Waals surface area contributed by atoms with Crippen LogP contribution in [0.3, 0.4) is 0 Å². The van der Waals surface area contributed by atoms with Gasteiger partial charge in [0, 0.05) is 23.2 Å². The molecule has 0 aliphatic heterocycles. The second kappa shape index (κ2) is 5.61. The van der Waals surface area contributed by atoms with Crippen LogP contribution in [0.1, 0.15) is 10.4 Å². The van der Waals surface area contributed by atoms with Gasteiger partial charge >= 0.3 is 5.00 Å². The lowest BCUT2D eigenvalue weighted by Crippen LogP contribution is -1.97. The highest BCUT2D eigenvalue weighted by Crippen LogP contribution is 2.24. The molecular formula is C12H12N2O3S. The lowest BCUT2D eigenvalue weighted by molar-refractivity contribution is -0.380. The van der Waals surface area contributed by atoms with E-state index in [0.717, 1.165) is 16.1 Å². The number of hydrogen-bond acceptors (Lipinski definition) is 5. The fourth-order valence-corrected chi connectivity index (χ4v) is 2.24. The van der Waals surface area contributed by atoms with Gasteiger partial charge in [0.25, 0.3) is 0 Å². The SMILES string of the molecule is O=[N+]([O-])c1ccc(CNc2ccc(CO)cc2)s1. The third kappa shape index (κ3) is 3.06. The van der Waals surface area contributed by atoms with E-state index in [1.165, 1.54) is 17.4 Å². The van der Waals surface area contributed by atoms with Crippen molar-refractivity contribution in [3.05, 3.63) is 57.0 Å². The van der Waals surface area contributed by atoms with Gasteiger partial charge in [-0.1, -0.05) is 23.5 Å². The lowest BCUT2D eigenvalue weighted by Gasteiger charge is -2.05. The zero-order valence-corrected chi connectivity index (χ0v) is 10.3. The van der Waals surface area contributed by atoms with Crippen LogP contribution in [0.15, 0.2) is 36.4 Å². The molecule has 94 valence electrons. The summed E-state index contributed by atoms with van der Waals surface area (Å²) >= 11 is 1.17. The molecule has 18 heavy (non-hydrogen) atoms. The smallest absolute Gasteiger partial charge is 0.324 e. The topological polar surface area (TPSA) is 75.4 Å². The van der Waals surface area contributed by atoms with Crippen molar-refractivity contribution in [2.75, 3.05) is 5.32 Å². The van der Waals surface area contributed by atoms with E-state index < -0.39 is 0 Å². The molecule has 0 saturated carbocycles. The van der Waals surface area contributed by atoms with Gasteiger partial charge in [0.2, 0.25) is 0 Å². The molecule has 2 N–H and O–H groups in total. The fraction of sp³-hybridized carbons (Fsp3) is 0.167. The van der Waals surface area contributed by atoms with Gasteiger partial charge in [0.15, 0.2) is 0 Å². The molecule has 0 amide bonds. The van der Waals surface area contributed by atoms with E-state index in [1.54, 1.807) is 6.07 Å². The molecule has 2 aromatic rings. The van der Waals surface area contributed by atoms with E-state index >= 15 is 0 Å². The number of nitrogens with zero attached hydrogens (tertiary/aromatic N) is 1. The van der Waals surface area contributed by atoms with Gasteiger partial charge in [0.05, 0.1) is 11.5 Å². The molecule has 6 heteroatoms. The number of nitrogens with one attached hydrogen (secondary N) is 1. The normalized spacial score (nSPS) is 10.3. The summed E-state index contributed by atoms with van der Waals surface area (Å²) in [6.07, 6.45) is 0. The van der Waals surface area contributed by atoms with Crippen LogP contribution >= 0.6 is 11.3 Å². The van der Waals surface area contributed by atoms with Crippen LogP contribution in [0.4, 0.5) is 10.7 Å². The first-order valence-electron chi connectivity index (χ1n) is 5.36. The molecule has 0 radical (unpaired) electrons. The average molecular weight is 264 g/mol. The van der Waals surface area contributed by atoms with Gasteiger partial charge < -0.3 is 10.4 Å². The first kappa shape index (κ1) is 12.5. The van der Waals surface area contributed by atoms with Crippen molar-refractivity contribution in [3.8, 4) is 0 Å². The molecule has 2 rings (SSSR count). The summed E-state index contributed by atoms with van der Waals surface area (Å²) in [5, 5.41) is 22.8. The number of aliphatic hydroxyl groups excluding tert-OH is 1. The predicted octanol–water partition coefficient (Wildman–Crippen LogP) is 2.76. The van der Waals surface area contributed by atoms with Gasteiger partial charge in [-0.15, -0.1) is 0 Å². The molecule has 1 aromatic carbocycles. The van der Waals surface area contributed by atoms with Crippen LogP contribution in [0.2, 0.25) is 0 Å². The maximum Gasteiger partial charge on any atom is 0.324 e. The number of anilines is 1. The number of thiophene rings is 1. The highest BCUT2D eigenvalue weighted by atomic mass is 32.1. The largest absolute Gasteiger partial charge is 0.392 e. The van der Waals surface area contributed by atoms with E-state index in [9.17, 15) is 10.1 Å². The maximum atomic E-state index is 10.5. The molecule has 0 spiro atoms. The van der Waals surface area contributed by atoms with E-state index in [-0.39, 0.29) is 16.5 Å². The molecule has 1 heterocycles. The first-order valence-corrected chi connectivity index (χ1v) is 6.17. The van der Waals surface area contributed by atoms with Crippen molar-refractivity contribution >= 4 is 22.0 Å². The Balaban J connectivity index is 1.95. The predicted molar refractivity (Wildman–Crippen MR) is 70.7 cm³/mol. The molecule has 0 saturated heterocycles. The number of nitro groups is 1. The highest BCUT2D eigenvalue weighted by molar-refractivity contribution is 7.15. The zero-order chi connectivity index (χ0) is 13.0. The van der Waals surface area contributed by atoms with Crippen molar-refractivity contribution in [1.29, 1.82) is 0 Å². The van der Waals surface area contributed by atoms with Crippen molar-refractivity contribution in [1.82, 2.24) is 0 Å². The van der Waals surface area contributed by atoms with Crippen molar-refractivity contribution in [3.63, 3.8) is 0 Å². The molecule has 0 aliphatic carbocycles. The van der Waals surface area contributed by atoms with Gasteiger partial charge in [-0.05, 0) is 23.8 Å². The van der Waals surface area contributed by atoms with Gasteiger partial charge in [0.1, 0.15) is 0 Å². The van der Waals surface area contributed by atoms with E-state index in [4.69, 9.17) is 5.11 Å². The number of aliphatic hydroxyl groups is 1. The Labute approximate surface area is 108 Å². The molecular weight excluding hydrogens is 252 g/mol. The van der Waals surface area contributed by atoms with Crippen molar-refractivity contribution < 1.29 is 10.0 Å². The van der Waals surface area contributed by atoms with Crippen molar-refractivity contribution in [2.24, 2.45) is 0 Å². The van der Waals surface area contributed by atoms with E-state index in [1.807, 2.05) is 24.3 Å². The third-order valence-corrected chi connectivity index (χ3v) is 3.47. The Hall–Kier alpha value is -1.92. The van der Waals surface area contributed by atoms with Crippen LogP contribution in [0, 0.1) is 10.1 Å². The Kier molecular flexibility index (Phi) is 3.91. The molecule has 5 nitrogen and oxygen atoms in total. The molecule has 0 bridgehead atoms. The monoisotopic (exact) mass is 264 g/mol. The second-order valence-corrected chi connectivity index (χ2v) is 4.85. The summed E-state index contributed by atoms with van der Waals surface area (Å²) < 4.78 is 0. The highest BCUT2D eigenvalue weighted by Gasteiger charge is 2.09. The molecule has 1 aromatic heterocycles. The zero-order valence-electron chi connectivity index (χ0n) is 9.50. The van der Waals surface area contributed by atoms with E-state index in [2.05, 4.69) is 5.32 Å². The van der Waals surface area contributed by atoms with Gasteiger partial charge in [-0.3, -0.25) is 10.1 Å². The average Bonchev–Trinajstić information content (AvgIpc) is 2.86. The van der Waals surface area contributed by atoms with Crippen LogP contribution in [-0.2, 0) is 13.2 Å². The lowest BCUT2D eigenvalue weighted by atomic mass is 10.2. The van der Waals surface area contributed by atoms with Gasteiger partial charge in [-0.25, -0.2) is 0 Å². The minimum absolute atomic E-state index is 0.0252. The summed E-state index contributed by atoms with van der Waals surface area (Å²) in [4.78, 5) is 11.1. The van der Waals surface area contributed by atoms with Crippen LogP contribution < -0.4 is 5.32 Å².